The number of amides is 1. The third-order valence-corrected chi connectivity index (χ3v) is 4.60. The summed E-state index contributed by atoms with van der Waals surface area (Å²) in [5.74, 6) is 0.130. The number of hydrogen-bond acceptors (Lipinski definition) is 4. The van der Waals surface area contributed by atoms with E-state index in [1.807, 2.05) is 26.2 Å². The molecule has 0 aliphatic carbocycles. The average molecular weight is 318 g/mol. The zero-order valence-corrected chi connectivity index (χ0v) is 12.3. The van der Waals surface area contributed by atoms with E-state index in [4.69, 9.17) is 0 Å². The van der Waals surface area contributed by atoms with Gasteiger partial charge in [-0.1, -0.05) is 0 Å². The van der Waals surface area contributed by atoms with E-state index in [2.05, 4.69) is 26.1 Å². The molecular weight excluding hydrogens is 302 g/mol. The van der Waals surface area contributed by atoms with E-state index in [-0.39, 0.29) is 11.9 Å². The summed E-state index contributed by atoms with van der Waals surface area (Å²) in [5.41, 5.74) is 0. The maximum atomic E-state index is 12.3. The van der Waals surface area contributed by atoms with Crippen LogP contribution in [0.5, 0.6) is 0 Å². The van der Waals surface area contributed by atoms with Gasteiger partial charge in [0.25, 0.3) is 0 Å². The third kappa shape index (κ3) is 3.07. The largest absolute Gasteiger partial charge is 0.306 e. The summed E-state index contributed by atoms with van der Waals surface area (Å²) >= 11 is 4.98. The van der Waals surface area contributed by atoms with E-state index in [1.54, 1.807) is 16.2 Å². The van der Waals surface area contributed by atoms with E-state index in [0.29, 0.717) is 0 Å². The first-order valence-corrected chi connectivity index (χ1v) is 7.13. The van der Waals surface area contributed by atoms with Crippen LogP contribution in [0.2, 0.25) is 0 Å². The maximum Gasteiger partial charge on any atom is 0.245 e. The van der Waals surface area contributed by atoms with Crippen molar-refractivity contribution < 1.29 is 4.79 Å². The quantitative estimate of drug-likeness (QED) is 0.895. The molecule has 1 N–H and O–H groups in total. The molecule has 0 bridgehead atoms. The molecule has 1 aliphatic heterocycles. The highest BCUT2D eigenvalue weighted by molar-refractivity contribution is 9.11. The van der Waals surface area contributed by atoms with Crippen LogP contribution < -0.4 is 10.2 Å². The van der Waals surface area contributed by atoms with Crippen molar-refractivity contribution in [3.63, 3.8) is 0 Å². The number of rotatable bonds is 2. The number of thiophene rings is 1. The molecule has 17 heavy (non-hydrogen) atoms. The van der Waals surface area contributed by atoms with E-state index in [0.717, 1.165) is 28.4 Å². The van der Waals surface area contributed by atoms with Crippen LogP contribution >= 0.6 is 27.3 Å². The van der Waals surface area contributed by atoms with Gasteiger partial charge < -0.3 is 15.1 Å². The van der Waals surface area contributed by atoms with Gasteiger partial charge in [-0.2, -0.15) is 0 Å². The van der Waals surface area contributed by atoms with Crippen LogP contribution in [0.3, 0.4) is 0 Å². The van der Waals surface area contributed by atoms with Gasteiger partial charge in [-0.05, 0) is 35.1 Å². The minimum Gasteiger partial charge on any atom is -0.306 e. The van der Waals surface area contributed by atoms with Crippen molar-refractivity contribution in [1.82, 2.24) is 10.2 Å². The van der Waals surface area contributed by atoms with Crippen molar-refractivity contribution in [3.05, 3.63) is 15.9 Å². The lowest BCUT2D eigenvalue weighted by Gasteiger charge is -2.32. The van der Waals surface area contributed by atoms with Gasteiger partial charge in [-0.25, -0.2) is 0 Å². The molecule has 2 rings (SSSR count). The molecule has 0 saturated carbocycles. The second-order valence-electron chi connectivity index (χ2n) is 4.24. The Bertz CT molecular complexity index is 409. The van der Waals surface area contributed by atoms with Crippen molar-refractivity contribution in [2.45, 2.75) is 6.04 Å². The van der Waals surface area contributed by atoms with Gasteiger partial charge in [0.05, 0.1) is 8.79 Å². The molecule has 0 aromatic carbocycles. The van der Waals surface area contributed by atoms with Crippen molar-refractivity contribution in [3.8, 4) is 0 Å². The molecule has 4 nitrogen and oxygen atoms in total. The van der Waals surface area contributed by atoms with Gasteiger partial charge in [0, 0.05) is 26.7 Å². The number of nitrogens with one attached hydrogen (secondary N) is 1. The lowest BCUT2D eigenvalue weighted by Crippen LogP contribution is -2.56. The van der Waals surface area contributed by atoms with E-state index in [9.17, 15) is 4.79 Å². The fourth-order valence-corrected chi connectivity index (χ4v) is 3.22. The predicted octanol–water partition coefficient (Wildman–Crippen LogP) is 1.38. The highest BCUT2D eigenvalue weighted by Gasteiger charge is 2.27. The molecule has 1 amide bonds. The maximum absolute atomic E-state index is 12.3. The summed E-state index contributed by atoms with van der Waals surface area (Å²) in [6, 6.07) is 3.82. The van der Waals surface area contributed by atoms with E-state index in [1.165, 1.54) is 0 Å². The number of piperazine rings is 1. The molecule has 94 valence electrons. The Hall–Kier alpha value is -0.430. The molecule has 1 aliphatic rings. The molecular formula is C11H16BrN3OS. The average Bonchev–Trinajstić information content (AvgIpc) is 2.74. The van der Waals surface area contributed by atoms with Crippen LogP contribution in [0.1, 0.15) is 0 Å². The van der Waals surface area contributed by atoms with Crippen LogP contribution in [0, 0.1) is 0 Å². The minimum absolute atomic E-state index is 0.0976. The number of hydrogen-bond donors (Lipinski definition) is 1. The monoisotopic (exact) mass is 317 g/mol. The Morgan fingerprint density at radius 1 is 1.65 bits per heavy atom. The van der Waals surface area contributed by atoms with Crippen LogP contribution in [0.4, 0.5) is 5.00 Å². The summed E-state index contributed by atoms with van der Waals surface area (Å²) < 4.78 is 1.04. The highest BCUT2D eigenvalue weighted by Crippen LogP contribution is 2.29. The smallest absolute Gasteiger partial charge is 0.245 e. The summed E-state index contributed by atoms with van der Waals surface area (Å²) in [7, 11) is 3.87. The van der Waals surface area contributed by atoms with Crippen molar-refractivity contribution in [2.75, 3.05) is 38.6 Å². The van der Waals surface area contributed by atoms with Crippen LogP contribution in [-0.4, -0.2) is 50.6 Å². The van der Waals surface area contributed by atoms with Gasteiger partial charge in [-0.3, -0.25) is 4.79 Å². The number of carbonyl (C=O) groups excluding carboxylic acids is 1. The molecule has 0 radical (unpaired) electrons. The predicted molar refractivity (Wildman–Crippen MR) is 74.7 cm³/mol. The first-order valence-electron chi connectivity index (χ1n) is 5.53. The highest BCUT2D eigenvalue weighted by atomic mass is 79.9. The number of carbonyl (C=O) groups is 1. The normalized spacial score (nSPS) is 21.5. The second kappa shape index (κ2) is 5.48. The topological polar surface area (TPSA) is 35.6 Å². The Balaban J connectivity index is 2.04. The molecule has 1 aromatic rings. The van der Waals surface area contributed by atoms with Crippen molar-refractivity contribution in [2.24, 2.45) is 0 Å². The Kier molecular flexibility index (Phi) is 4.19. The Morgan fingerprint density at radius 2 is 2.41 bits per heavy atom. The van der Waals surface area contributed by atoms with Gasteiger partial charge in [-0.15, -0.1) is 11.3 Å². The fourth-order valence-electron chi connectivity index (χ4n) is 1.89. The summed E-state index contributed by atoms with van der Waals surface area (Å²) in [5, 5.41) is 4.24. The fraction of sp³-hybridized carbons (Fsp3) is 0.545. The molecule has 6 heteroatoms. The van der Waals surface area contributed by atoms with Crippen molar-refractivity contribution >= 4 is 38.2 Å². The number of anilines is 1. The molecule has 1 fully saturated rings. The van der Waals surface area contributed by atoms with Gasteiger partial charge in [0.2, 0.25) is 5.91 Å². The number of likely N-dealkylation sites (N-methyl/N-ethyl adjacent to an activating group) is 2. The molecule has 0 spiro atoms. The van der Waals surface area contributed by atoms with Crippen LogP contribution in [-0.2, 0) is 4.79 Å². The number of nitrogens with zero attached hydrogens (tertiary/aromatic N) is 2. The Labute approximate surface area is 114 Å². The van der Waals surface area contributed by atoms with E-state index < -0.39 is 0 Å². The molecule has 1 aromatic heterocycles. The van der Waals surface area contributed by atoms with Gasteiger partial charge >= 0.3 is 0 Å². The number of halogens is 1. The first-order chi connectivity index (χ1) is 8.08. The zero-order chi connectivity index (χ0) is 12.4. The summed E-state index contributed by atoms with van der Waals surface area (Å²) in [6.45, 7) is 2.64. The minimum atomic E-state index is -0.0976. The zero-order valence-electron chi connectivity index (χ0n) is 9.94. The van der Waals surface area contributed by atoms with Crippen LogP contribution in [0.25, 0.3) is 0 Å². The first kappa shape index (κ1) is 13.0. The standard InChI is InChI=1S/C11H16BrN3OS/c1-14-6-5-13-8(7-14)11(16)15(2)10-4-3-9(12)17-10/h3-4,8,13H,5-7H2,1-2H3. The lowest BCUT2D eigenvalue weighted by molar-refractivity contribution is -0.121. The SMILES string of the molecule is CN1CCNC(C(=O)N(C)c2ccc(Br)s2)C1. The molecule has 1 saturated heterocycles. The van der Waals surface area contributed by atoms with E-state index >= 15 is 0 Å². The van der Waals surface area contributed by atoms with Crippen molar-refractivity contribution in [1.29, 1.82) is 0 Å². The van der Waals surface area contributed by atoms with Crippen LogP contribution in [0.15, 0.2) is 15.9 Å². The molecule has 1 atom stereocenters. The molecule has 1 unspecified atom stereocenters. The third-order valence-electron chi connectivity index (χ3n) is 2.90. The second-order valence-corrected chi connectivity index (χ2v) is 6.69. The summed E-state index contributed by atoms with van der Waals surface area (Å²) in [6.07, 6.45) is 0. The lowest BCUT2D eigenvalue weighted by atomic mass is 10.2. The van der Waals surface area contributed by atoms with Gasteiger partial charge in [0.15, 0.2) is 0 Å². The summed E-state index contributed by atoms with van der Waals surface area (Å²) in [4.78, 5) is 16.2. The molecule has 2 heterocycles. The Morgan fingerprint density at radius 3 is 3.00 bits per heavy atom. The van der Waals surface area contributed by atoms with Gasteiger partial charge in [0.1, 0.15) is 6.04 Å².